The molecule has 1 N–H and O–H groups in total. The Hall–Kier alpha value is -3.47. The van der Waals surface area contributed by atoms with E-state index < -0.39 is 0 Å². The topological polar surface area (TPSA) is 62.3 Å². The van der Waals surface area contributed by atoms with Crippen LogP contribution in [0.2, 0.25) is 0 Å². The fraction of sp³-hybridized carbons (Fsp3) is 0.208. The normalized spacial score (nSPS) is 18.1. The van der Waals surface area contributed by atoms with Crippen molar-refractivity contribution in [2.45, 2.75) is 32.4 Å². The molecule has 29 heavy (non-hydrogen) atoms. The number of anilines is 2. The van der Waals surface area contributed by atoms with Gasteiger partial charge in [-0.05, 0) is 54.3 Å². The predicted octanol–water partition coefficient (Wildman–Crippen LogP) is 4.86. The third kappa shape index (κ3) is 3.76. The molecule has 0 aliphatic carbocycles. The van der Waals surface area contributed by atoms with Gasteiger partial charge in [-0.25, -0.2) is 4.98 Å². The minimum Gasteiger partial charge on any atom is -0.363 e. The molecule has 1 aromatic heterocycles. The first-order chi connectivity index (χ1) is 14.1. The predicted molar refractivity (Wildman–Crippen MR) is 115 cm³/mol. The standard InChI is InChI=1S/C24H23N3O2/c1-16-13-22(26-24-5-3-4-12-25-24)21-14-20(10-11-23(21)27(16)17(2)29)19-8-6-18(15-28)7-9-19/h3-12,14-16,22H,13H2,1-2H3,(H,25,26)/t16-,22+/m0/s1. The van der Waals surface area contributed by atoms with Crippen LogP contribution in [0.15, 0.2) is 66.9 Å². The smallest absolute Gasteiger partial charge is 0.224 e. The Morgan fingerprint density at radius 2 is 1.86 bits per heavy atom. The molecule has 4 rings (SSSR count). The number of nitrogens with zero attached hydrogens (tertiary/aromatic N) is 2. The van der Waals surface area contributed by atoms with Gasteiger partial charge in [0.1, 0.15) is 12.1 Å². The molecule has 1 aliphatic rings. The van der Waals surface area contributed by atoms with Crippen molar-refractivity contribution < 1.29 is 9.59 Å². The lowest BCUT2D eigenvalue weighted by Crippen LogP contribution is -2.43. The quantitative estimate of drug-likeness (QED) is 0.652. The average Bonchev–Trinajstić information content (AvgIpc) is 2.74. The fourth-order valence-corrected chi connectivity index (χ4v) is 4.04. The zero-order valence-corrected chi connectivity index (χ0v) is 16.5. The Morgan fingerprint density at radius 1 is 1.10 bits per heavy atom. The molecule has 0 unspecified atom stereocenters. The Balaban J connectivity index is 1.77. The van der Waals surface area contributed by atoms with Gasteiger partial charge in [0.15, 0.2) is 0 Å². The van der Waals surface area contributed by atoms with Crippen molar-refractivity contribution in [2.24, 2.45) is 0 Å². The summed E-state index contributed by atoms with van der Waals surface area (Å²) in [6, 6.07) is 19.6. The number of amides is 1. The van der Waals surface area contributed by atoms with Crippen molar-refractivity contribution in [1.82, 2.24) is 4.98 Å². The maximum absolute atomic E-state index is 12.3. The molecule has 0 bridgehead atoms. The van der Waals surface area contributed by atoms with Gasteiger partial charge in [-0.1, -0.05) is 36.4 Å². The summed E-state index contributed by atoms with van der Waals surface area (Å²) >= 11 is 0. The summed E-state index contributed by atoms with van der Waals surface area (Å²) in [4.78, 5) is 29.5. The number of hydrogen-bond donors (Lipinski definition) is 1. The molecule has 1 aliphatic heterocycles. The van der Waals surface area contributed by atoms with Gasteiger partial charge in [-0.2, -0.15) is 0 Å². The van der Waals surface area contributed by atoms with Crippen molar-refractivity contribution in [3.05, 3.63) is 78.0 Å². The van der Waals surface area contributed by atoms with Crippen molar-refractivity contribution in [2.75, 3.05) is 10.2 Å². The molecular formula is C24H23N3O2. The van der Waals surface area contributed by atoms with Crippen molar-refractivity contribution in [1.29, 1.82) is 0 Å². The number of nitrogens with one attached hydrogen (secondary N) is 1. The summed E-state index contributed by atoms with van der Waals surface area (Å²) in [5.41, 5.74) is 4.73. The van der Waals surface area contributed by atoms with E-state index in [0.29, 0.717) is 5.56 Å². The molecule has 0 radical (unpaired) electrons. The van der Waals surface area contributed by atoms with Gasteiger partial charge >= 0.3 is 0 Å². The van der Waals surface area contributed by atoms with E-state index in [-0.39, 0.29) is 18.0 Å². The summed E-state index contributed by atoms with van der Waals surface area (Å²) in [5.74, 6) is 0.853. The maximum atomic E-state index is 12.3. The fourth-order valence-electron chi connectivity index (χ4n) is 4.04. The minimum atomic E-state index is 0.0399. The molecule has 2 aromatic carbocycles. The number of benzene rings is 2. The number of carbonyl (C=O) groups is 2. The molecule has 0 fully saturated rings. The third-order valence-corrected chi connectivity index (χ3v) is 5.39. The van der Waals surface area contributed by atoms with Gasteiger partial charge in [-0.15, -0.1) is 0 Å². The molecule has 3 aromatic rings. The molecule has 1 amide bonds. The van der Waals surface area contributed by atoms with E-state index in [1.165, 1.54) is 0 Å². The molecular weight excluding hydrogens is 362 g/mol. The Labute approximate surface area is 170 Å². The highest BCUT2D eigenvalue weighted by molar-refractivity contribution is 5.94. The van der Waals surface area contributed by atoms with Gasteiger partial charge in [0, 0.05) is 30.4 Å². The second kappa shape index (κ2) is 7.87. The van der Waals surface area contributed by atoms with E-state index in [0.717, 1.165) is 40.9 Å². The monoisotopic (exact) mass is 385 g/mol. The number of rotatable bonds is 4. The Morgan fingerprint density at radius 3 is 2.52 bits per heavy atom. The first-order valence-corrected chi connectivity index (χ1v) is 9.73. The third-order valence-electron chi connectivity index (χ3n) is 5.39. The van der Waals surface area contributed by atoms with E-state index in [1.807, 2.05) is 59.5 Å². The van der Waals surface area contributed by atoms with Crippen LogP contribution in [0.1, 0.15) is 42.2 Å². The van der Waals surface area contributed by atoms with Crippen LogP contribution < -0.4 is 10.2 Å². The highest BCUT2D eigenvalue weighted by Crippen LogP contribution is 2.40. The SMILES string of the molecule is CC(=O)N1c2ccc(-c3ccc(C=O)cc3)cc2[C@H](Nc2ccccn2)C[C@@H]1C. The highest BCUT2D eigenvalue weighted by Gasteiger charge is 2.32. The Bertz CT molecular complexity index is 1030. The van der Waals surface area contributed by atoms with Crippen LogP contribution in [0, 0.1) is 0 Å². The highest BCUT2D eigenvalue weighted by atomic mass is 16.2. The van der Waals surface area contributed by atoms with Crippen LogP contribution in [-0.2, 0) is 4.79 Å². The van der Waals surface area contributed by atoms with Crippen LogP contribution in [0.4, 0.5) is 11.5 Å². The Kier molecular flexibility index (Phi) is 5.12. The second-order valence-corrected chi connectivity index (χ2v) is 7.40. The van der Waals surface area contributed by atoms with E-state index in [1.54, 1.807) is 13.1 Å². The van der Waals surface area contributed by atoms with Crippen LogP contribution >= 0.6 is 0 Å². The molecule has 0 saturated carbocycles. The van der Waals surface area contributed by atoms with Crippen LogP contribution in [0.5, 0.6) is 0 Å². The maximum Gasteiger partial charge on any atom is 0.224 e. The first-order valence-electron chi connectivity index (χ1n) is 9.73. The summed E-state index contributed by atoms with van der Waals surface area (Å²) < 4.78 is 0. The average molecular weight is 385 g/mol. The molecule has 0 saturated heterocycles. The van der Waals surface area contributed by atoms with Crippen LogP contribution in [0.3, 0.4) is 0 Å². The summed E-state index contributed by atoms with van der Waals surface area (Å²) in [7, 11) is 0. The lowest BCUT2D eigenvalue weighted by atomic mass is 9.89. The summed E-state index contributed by atoms with van der Waals surface area (Å²) in [5, 5.41) is 3.53. The number of hydrogen-bond acceptors (Lipinski definition) is 4. The number of carbonyl (C=O) groups excluding carboxylic acids is 2. The van der Waals surface area contributed by atoms with E-state index in [2.05, 4.69) is 23.3 Å². The van der Waals surface area contributed by atoms with Gasteiger partial charge < -0.3 is 10.2 Å². The van der Waals surface area contributed by atoms with Crippen LogP contribution in [-0.4, -0.2) is 23.2 Å². The van der Waals surface area contributed by atoms with E-state index in [9.17, 15) is 9.59 Å². The largest absolute Gasteiger partial charge is 0.363 e. The molecule has 5 heteroatoms. The van der Waals surface area contributed by atoms with Gasteiger partial charge in [0.05, 0.1) is 6.04 Å². The van der Waals surface area contributed by atoms with Crippen molar-refractivity contribution >= 4 is 23.7 Å². The van der Waals surface area contributed by atoms with Crippen molar-refractivity contribution in [3.63, 3.8) is 0 Å². The summed E-state index contributed by atoms with van der Waals surface area (Å²) in [6.07, 6.45) is 3.40. The number of aldehydes is 1. The number of aromatic nitrogens is 1. The van der Waals surface area contributed by atoms with Crippen LogP contribution in [0.25, 0.3) is 11.1 Å². The second-order valence-electron chi connectivity index (χ2n) is 7.40. The van der Waals surface area contributed by atoms with Crippen molar-refractivity contribution in [3.8, 4) is 11.1 Å². The lowest BCUT2D eigenvalue weighted by Gasteiger charge is -2.39. The zero-order valence-electron chi connectivity index (χ0n) is 16.5. The molecule has 5 nitrogen and oxygen atoms in total. The molecule has 146 valence electrons. The zero-order chi connectivity index (χ0) is 20.4. The number of pyridine rings is 1. The van der Waals surface area contributed by atoms with E-state index in [4.69, 9.17) is 0 Å². The lowest BCUT2D eigenvalue weighted by molar-refractivity contribution is -0.117. The van der Waals surface area contributed by atoms with Gasteiger partial charge in [-0.3, -0.25) is 9.59 Å². The molecule has 0 spiro atoms. The minimum absolute atomic E-state index is 0.0399. The number of fused-ring (bicyclic) bond motifs is 1. The molecule has 2 heterocycles. The first kappa shape index (κ1) is 18.9. The van der Waals surface area contributed by atoms with Gasteiger partial charge in [0.2, 0.25) is 5.91 Å². The summed E-state index contributed by atoms with van der Waals surface area (Å²) in [6.45, 7) is 3.68. The molecule has 2 atom stereocenters. The van der Waals surface area contributed by atoms with Gasteiger partial charge in [0.25, 0.3) is 0 Å². The van der Waals surface area contributed by atoms with E-state index >= 15 is 0 Å².